The van der Waals surface area contributed by atoms with Crippen molar-refractivity contribution < 1.29 is 0 Å². The molecule has 27 heavy (non-hydrogen) atoms. The molecule has 138 valence electrons. The molecule has 4 heterocycles. The van der Waals surface area contributed by atoms with Gasteiger partial charge in [-0.1, -0.05) is 31.5 Å². The third-order valence-electron chi connectivity index (χ3n) is 6.14. The summed E-state index contributed by atoms with van der Waals surface area (Å²) in [5.41, 5.74) is 3.21. The Morgan fingerprint density at radius 2 is 1.93 bits per heavy atom. The molecule has 2 aromatic heterocycles. The number of hydrogen-bond acceptors (Lipinski definition) is 4. The van der Waals surface area contributed by atoms with Gasteiger partial charge in [-0.3, -0.25) is 9.78 Å². The summed E-state index contributed by atoms with van der Waals surface area (Å²) < 4.78 is 2.09. The van der Waals surface area contributed by atoms with Crippen LogP contribution in [0.15, 0.2) is 53.5 Å². The first kappa shape index (κ1) is 16.5. The molecule has 0 N–H and O–H groups in total. The highest BCUT2D eigenvalue weighted by Gasteiger charge is 2.40. The molecule has 1 aromatic carbocycles. The fraction of sp³-hybridized carbons (Fsp3) is 0.409. The van der Waals surface area contributed by atoms with Gasteiger partial charge < -0.3 is 9.47 Å². The van der Waals surface area contributed by atoms with Crippen molar-refractivity contribution in [2.45, 2.75) is 38.1 Å². The molecule has 0 spiro atoms. The van der Waals surface area contributed by atoms with Crippen LogP contribution in [0.3, 0.4) is 0 Å². The SMILES string of the molecule is CCC[C@H]1[C@H]2C[C@H](CN(c3cnc4ccccc4n3)C2)c2cccc(=O)n21. The lowest BCUT2D eigenvalue weighted by atomic mass is 9.77. The van der Waals surface area contributed by atoms with E-state index in [1.807, 2.05) is 36.5 Å². The Bertz CT molecular complexity index is 1040. The topological polar surface area (TPSA) is 51.0 Å². The number of fused-ring (bicyclic) bond motifs is 5. The summed E-state index contributed by atoms with van der Waals surface area (Å²) in [5.74, 6) is 1.80. The molecule has 0 aliphatic carbocycles. The summed E-state index contributed by atoms with van der Waals surface area (Å²) >= 11 is 0. The van der Waals surface area contributed by atoms with E-state index in [2.05, 4.69) is 27.4 Å². The van der Waals surface area contributed by atoms with Gasteiger partial charge in [0.05, 0.1) is 17.2 Å². The van der Waals surface area contributed by atoms with Crippen LogP contribution in [-0.4, -0.2) is 27.6 Å². The highest BCUT2D eigenvalue weighted by molar-refractivity contribution is 5.75. The number of benzene rings is 1. The summed E-state index contributed by atoms with van der Waals surface area (Å²) in [6.07, 6.45) is 5.19. The van der Waals surface area contributed by atoms with Crippen LogP contribution >= 0.6 is 0 Å². The van der Waals surface area contributed by atoms with Gasteiger partial charge >= 0.3 is 0 Å². The number of rotatable bonds is 3. The van der Waals surface area contributed by atoms with Gasteiger partial charge in [0.1, 0.15) is 5.82 Å². The first-order chi connectivity index (χ1) is 13.2. The Hall–Kier alpha value is -2.69. The highest BCUT2D eigenvalue weighted by atomic mass is 16.1. The third kappa shape index (κ3) is 2.73. The van der Waals surface area contributed by atoms with Crippen LogP contribution in [0.4, 0.5) is 5.82 Å². The Labute approximate surface area is 158 Å². The predicted molar refractivity (Wildman–Crippen MR) is 107 cm³/mol. The number of anilines is 1. The maximum Gasteiger partial charge on any atom is 0.250 e. The van der Waals surface area contributed by atoms with E-state index in [0.29, 0.717) is 11.8 Å². The van der Waals surface area contributed by atoms with E-state index < -0.39 is 0 Å². The normalized spacial score (nSPS) is 24.0. The number of nitrogens with zero attached hydrogens (tertiary/aromatic N) is 4. The van der Waals surface area contributed by atoms with E-state index >= 15 is 0 Å². The molecule has 0 radical (unpaired) electrons. The molecule has 5 heteroatoms. The van der Waals surface area contributed by atoms with Gasteiger partial charge in [-0.15, -0.1) is 0 Å². The number of pyridine rings is 1. The zero-order valence-corrected chi connectivity index (χ0v) is 15.6. The monoisotopic (exact) mass is 360 g/mol. The first-order valence-corrected chi connectivity index (χ1v) is 9.93. The molecule has 0 saturated carbocycles. The maximum absolute atomic E-state index is 12.6. The second-order valence-corrected chi connectivity index (χ2v) is 7.83. The van der Waals surface area contributed by atoms with Gasteiger partial charge in [0.15, 0.2) is 0 Å². The molecule has 2 bridgehead atoms. The van der Waals surface area contributed by atoms with Crippen molar-refractivity contribution in [1.29, 1.82) is 0 Å². The zero-order valence-electron chi connectivity index (χ0n) is 15.6. The van der Waals surface area contributed by atoms with E-state index in [1.165, 1.54) is 5.69 Å². The Morgan fingerprint density at radius 1 is 1.07 bits per heavy atom. The smallest absolute Gasteiger partial charge is 0.250 e. The molecule has 3 atom stereocenters. The summed E-state index contributed by atoms with van der Waals surface area (Å²) in [5, 5.41) is 0. The Morgan fingerprint density at radius 3 is 2.78 bits per heavy atom. The molecular weight excluding hydrogens is 336 g/mol. The average Bonchev–Trinajstić information content (AvgIpc) is 2.71. The number of para-hydroxylation sites is 2. The fourth-order valence-electron chi connectivity index (χ4n) is 4.99. The van der Waals surface area contributed by atoms with E-state index in [0.717, 1.165) is 49.2 Å². The number of hydrogen-bond donors (Lipinski definition) is 0. The third-order valence-corrected chi connectivity index (χ3v) is 6.14. The molecule has 3 aromatic rings. The van der Waals surface area contributed by atoms with Crippen molar-refractivity contribution >= 4 is 16.9 Å². The van der Waals surface area contributed by atoms with Gasteiger partial charge in [-0.25, -0.2) is 4.98 Å². The summed E-state index contributed by atoms with van der Waals surface area (Å²) in [4.78, 5) is 24.5. The first-order valence-electron chi connectivity index (χ1n) is 9.93. The van der Waals surface area contributed by atoms with Crippen molar-refractivity contribution in [3.8, 4) is 0 Å². The lowest BCUT2D eigenvalue weighted by Crippen LogP contribution is -2.49. The van der Waals surface area contributed by atoms with Crippen molar-refractivity contribution in [1.82, 2.24) is 14.5 Å². The van der Waals surface area contributed by atoms with Crippen LogP contribution in [0.5, 0.6) is 0 Å². The zero-order chi connectivity index (χ0) is 18.4. The van der Waals surface area contributed by atoms with Crippen LogP contribution < -0.4 is 10.5 Å². The average molecular weight is 360 g/mol. The van der Waals surface area contributed by atoms with E-state index in [9.17, 15) is 4.79 Å². The van der Waals surface area contributed by atoms with Gasteiger partial charge in [-0.05, 0) is 37.0 Å². The molecule has 0 amide bonds. The second-order valence-electron chi connectivity index (χ2n) is 7.83. The summed E-state index contributed by atoms with van der Waals surface area (Å²) in [7, 11) is 0. The highest BCUT2D eigenvalue weighted by Crippen LogP contribution is 2.43. The van der Waals surface area contributed by atoms with Crippen molar-refractivity contribution in [2.75, 3.05) is 18.0 Å². The van der Waals surface area contributed by atoms with Gasteiger partial charge in [-0.2, -0.15) is 0 Å². The minimum absolute atomic E-state index is 0.152. The van der Waals surface area contributed by atoms with E-state index in [1.54, 1.807) is 6.07 Å². The van der Waals surface area contributed by atoms with Crippen LogP contribution in [-0.2, 0) is 0 Å². The predicted octanol–water partition coefficient (Wildman–Crippen LogP) is 3.76. The lowest BCUT2D eigenvalue weighted by Gasteiger charge is -2.47. The molecule has 5 rings (SSSR count). The molecular formula is C22H24N4O. The minimum Gasteiger partial charge on any atom is -0.354 e. The molecule has 1 saturated heterocycles. The summed E-state index contributed by atoms with van der Waals surface area (Å²) in [6, 6.07) is 14.1. The number of piperidine rings is 1. The Balaban J connectivity index is 1.55. The Kier molecular flexibility index (Phi) is 3.96. The largest absolute Gasteiger partial charge is 0.354 e. The summed E-state index contributed by atoms with van der Waals surface area (Å²) in [6.45, 7) is 4.04. The number of aromatic nitrogens is 3. The lowest BCUT2D eigenvalue weighted by molar-refractivity contribution is 0.201. The molecule has 2 aliphatic heterocycles. The van der Waals surface area contributed by atoms with Crippen molar-refractivity contribution in [2.24, 2.45) is 5.92 Å². The quantitative estimate of drug-likeness (QED) is 0.714. The maximum atomic E-state index is 12.6. The van der Waals surface area contributed by atoms with Gasteiger partial charge in [0.25, 0.3) is 5.56 Å². The molecule has 2 aliphatic rings. The standard InChI is InChI=1S/C22H24N4O/c1-2-6-19-15-11-16(20-9-5-10-22(27)26(19)20)14-25(13-15)21-12-23-17-7-3-4-8-18(17)24-21/h3-5,7-10,12,15-16,19H,2,6,11,13-14H2,1H3/t15-,16+,19-/m0/s1. The molecule has 1 fully saturated rings. The fourth-order valence-corrected chi connectivity index (χ4v) is 4.99. The van der Waals surface area contributed by atoms with Gasteiger partial charge in [0.2, 0.25) is 0 Å². The molecule has 0 unspecified atom stereocenters. The van der Waals surface area contributed by atoms with E-state index in [-0.39, 0.29) is 11.6 Å². The van der Waals surface area contributed by atoms with Crippen LogP contribution in [0.1, 0.15) is 43.8 Å². The van der Waals surface area contributed by atoms with Crippen molar-refractivity contribution in [3.63, 3.8) is 0 Å². The van der Waals surface area contributed by atoms with E-state index in [4.69, 9.17) is 4.98 Å². The molecule has 5 nitrogen and oxygen atoms in total. The van der Waals surface area contributed by atoms with Crippen molar-refractivity contribution in [3.05, 3.63) is 64.7 Å². The van der Waals surface area contributed by atoms with Crippen LogP contribution in [0, 0.1) is 5.92 Å². The van der Waals surface area contributed by atoms with Crippen LogP contribution in [0.2, 0.25) is 0 Å². The van der Waals surface area contributed by atoms with Gasteiger partial charge in [0, 0.05) is 36.8 Å². The minimum atomic E-state index is 0.152. The van der Waals surface area contributed by atoms with Crippen LogP contribution in [0.25, 0.3) is 11.0 Å². The second kappa shape index (κ2) is 6.48.